The standard InChI is InChI=1S/C19H23N5O/c1-22-12-15(11-21-22)13-24(17-5-3-2-4-6-17)19(25)16-7-8-18-20-9-10-23(18)14-16/h7-12,14,17H,2-6,13H2,1H3. The van der Waals surface area contributed by atoms with Crippen molar-refractivity contribution < 1.29 is 4.79 Å². The molecule has 0 unspecified atom stereocenters. The van der Waals surface area contributed by atoms with Crippen LogP contribution < -0.4 is 0 Å². The highest BCUT2D eigenvalue weighted by Gasteiger charge is 2.27. The van der Waals surface area contributed by atoms with Gasteiger partial charge in [0.2, 0.25) is 0 Å². The van der Waals surface area contributed by atoms with Crippen molar-refractivity contribution in [2.24, 2.45) is 7.05 Å². The van der Waals surface area contributed by atoms with Gasteiger partial charge in [-0.25, -0.2) is 4.98 Å². The fourth-order valence-electron chi connectivity index (χ4n) is 3.72. The monoisotopic (exact) mass is 337 g/mol. The molecule has 130 valence electrons. The lowest BCUT2D eigenvalue weighted by atomic mass is 9.93. The molecule has 6 nitrogen and oxygen atoms in total. The number of pyridine rings is 1. The molecule has 6 heteroatoms. The number of aromatic nitrogens is 4. The van der Waals surface area contributed by atoms with E-state index in [4.69, 9.17) is 0 Å². The van der Waals surface area contributed by atoms with Crippen LogP contribution in [0, 0.1) is 0 Å². The fraction of sp³-hybridized carbons (Fsp3) is 0.421. The summed E-state index contributed by atoms with van der Waals surface area (Å²) in [6.45, 7) is 0.610. The quantitative estimate of drug-likeness (QED) is 0.735. The van der Waals surface area contributed by atoms with Gasteiger partial charge in [0, 0.05) is 50.0 Å². The number of fused-ring (bicyclic) bond motifs is 1. The minimum atomic E-state index is 0.0892. The maximum absolute atomic E-state index is 13.3. The molecule has 3 aromatic heterocycles. The van der Waals surface area contributed by atoms with E-state index in [1.165, 1.54) is 19.3 Å². The number of carbonyl (C=O) groups excluding carboxylic acids is 1. The first kappa shape index (κ1) is 15.9. The van der Waals surface area contributed by atoms with Crippen molar-refractivity contribution in [1.29, 1.82) is 0 Å². The SMILES string of the molecule is Cn1cc(CN(C(=O)c2ccc3nccn3c2)C2CCCCC2)cn1. The molecule has 1 aliphatic rings. The molecule has 0 atom stereocenters. The van der Waals surface area contributed by atoms with Crippen LogP contribution in [0.2, 0.25) is 0 Å². The van der Waals surface area contributed by atoms with Gasteiger partial charge >= 0.3 is 0 Å². The average molecular weight is 337 g/mol. The Hall–Kier alpha value is -2.63. The van der Waals surface area contributed by atoms with Crippen molar-refractivity contribution in [1.82, 2.24) is 24.1 Å². The van der Waals surface area contributed by atoms with E-state index in [1.54, 1.807) is 10.9 Å². The van der Waals surface area contributed by atoms with Crippen LogP contribution in [0.5, 0.6) is 0 Å². The van der Waals surface area contributed by atoms with Gasteiger partial charge in [-0.15, -0.1) is 0 Å². The highest BCUT2D eigenvalue weighted by molar-refractivity contribution is 5.94. The fourth-order valence-corrected chi connectivity index (χ4v) is 3.72. The summed E-state index contributed by atoms with van der Waals surface area (Å²) in [5.41, 5.74) is 2.64. The summed E-state index contributed by atoms with van der Waals surface area (Å²) >= 11 is 0. The molecule has 1 saturated carbocycles. The van der Waals surface area contributed by atoms with E-state index in [0.29, 0.717) is 18.2 Å². The minimum absolute atomic E-state index is 0.0892. The molecule has 0 spiro atoms. The van der Waals surface area contributed by atoms with Crippen molar-refractivity contribution >= 4 is 11.6 Å². The number of rotatable bonds is 4. The third kappa shape index (κ3) is 3.29. The normalized spacial score (nSPS) is 15.6. The van der Waals surface area contributed by atoms with Crippen molar-refractivity contribution in [2.45, 2.75) is 44.7 Å². The summed E-state index contributed by atoms with van der Waals surface area (Å²) in [6.07, 6.45) is 15.2. The van der Waals surface area contributed by atoms with E-state index < -0.39 is 0 Å². The van der Waals surface area contributed by atoms with Gasteiger partial charge in [-0.2, -0.15) is 5.10 Å². The van der Waals surface area contributed by atoms with E-state index in [1.807, 2.05) is 53.3 Å². The van der Waals surface area contributed by atoms with Gasteiger partial charge in [0.1, 0.15) is 5.65 Å². The van der Waals surface area contributed by atoms with Crippen LogP contribution in [0.25, 0.3) is 5.65 Å². The molecular formula is C19H23N5O. The molecule has 3 heterocycles. The number of hydrogen-bond donors (Lipinski definition) is 0. The molecular weight excluding hydrogens is 314 g/mol. The van der Waals surface area contributed by atoms with Gasteiger partial charge in [0.15, 0.2) is 0 Å². The number of nitrogens with zero attached hydrogens (tertiary/aromatic N) is 5. The van der Waals surface area contributed by atoms with Crippen LogP contribution in [0.3, 0.4) is 0 Å². The number of amides is 1. The third-order valence-corrected chi connectivity index (χ3v) is 5.02. The highest BCUT2D eigenvalue weighted by atomic mass is 16.2. The lowest BCUT2D eigenvalue weighted by Crippen LogP contribution is -2.41. The van der Waals surface area contributed by atoms with E-state index in [2.05, 4.69) is 10.1 Å². The molecule has 1 aliphatic carbocycles. The van der Waals surface area contributed by atoms with Crippen molar-refractivity contribution in [3.8, 4) is 0 Å². The molecule has 0 aromatic carbocycles. The van der Waals surface area contributed by atoms with E-state index >= 15 is 0 Å². The first-order valence-corrected chi connectivity index (χ1v) is 8.92. The van der Waals surface area contributed by atoms with Gasteiger partial charge in [-0.05, 0) is 25.0 Å². The number of aryl methyl sites for hydroxylation is 1. The zero-order valence-electron chi connectivity index (χ0n) is 14.5. The zero-order chi connectivity index (χ0) is 17.2. The molecule has 0 radical (unpaired) electrons. The lowest BCUT2D eigenvalue weighted by Gasteiger charge is -2.34. The molecule has 4 rings (SSSR count). The van der Waals surface area contributed by atoms with Crippen molar-refractivity contribution in [3.05, 3.63) is 54.2 Å². The maximum Gasteiger partial charge on any atom is 0.255 e. The molecule has 25 heavy (non-hydrogen) atoms. The predicted molar refractivity (Wildman–Crippen MR) is 95.1 cm³/mol. The van der Waals surface area contributed by atoms with Crippen LogP contribution in [0.4, 0.5) is 0 Å². The number of imidazole rings is 1. The summed E-state index contributed by atoms with van der Waals surface area (Å²) in [5, 5.41) is 4.25. The Morgan fingerprint density at radius 3 is 2.84 bits per heavy atom. The average Bonchev–Trinajstić information content (AvgIpc) is 3.27. The summed E-state index contributed by atoms with van der Waals surface area (Å²) in [5.74, 6) is 0.0892. The Bertz CT molecular complexity index is 875. The second-order valence-corrected chi connectivity index (χ2v) is 6.86. The van der Waals surface area contributed by atoms with Crippen molar-refractivity contribution in [2.75, 3.05) is 0 Å². The van der Waals surface area contributed by atoms with E-state index in [-0.39, 0.29) is 5.91 Å². The molecule has 0 N–H and O–H groups in total. The van der Waals surface area contributed by atoms with Crippen LogP contribution >= 0.6 is 0 Å². The number of hydrogen-bond acceptors (Lipinski definition) is 3. The van der Waals surface area contributed by atoms with Gasteiger partial charge < -0.3 is 9.30 Å². The smallest absolute Gasteiger partial charge is 0.255 e. The largest absolute Gasteiger partial charge is 0.331 e. The topological polar surface area (TPSA) is 55.4 Å². The van der Waals surface area contributed by atoms with Gasteiger partial charge in [-0.1, -0.05) is 19.3 Å². The Morgan fingerprint density at radius 2 is 2.08 bits per heavy atom. The van der Waals surface area contributed by atoms with E-state index in [9.17, 15) is 4.79 Å². The molecule has 1 fully saturated rings. The molecule has 1 amide bonds. The molecule has 3 aromatic rings. The highest BCUT2D eigenvalue weighted by Crippen LogP contribution is 2.25. The van der Waals surface area contributed by atoms with Crippen LogP contribution in [0.15, 0.2) is 43.1 Å². The zero-order valence-corrected chi connectivity index (χ0v) is 14.5. The van der Waals surface area contributed by atoms with Gasteiger partial charge in [0.25, 0.3) is 5.91 Å². The molecule has 0 saturated heterocycles. The van der Waals surface area contributed by atoms with Crippen molar-refractivity contribution in [3.63, 3.8) is 0 Å². The van der Waals surface area contributed by atoms with Gasteiger partial charge in [-0.3, -0.25) is 9.48 Å². The summed E-state index contributed by atoms with van der Waals surface area (Å²) < 4.78 is 3.69. The van der Waals surface area contributed by atoms with Crippen LogP contribution in [-0.2, 0) is 13.6 Å². The first-order valence-electron chi connectivity index (χ1n) is 8.92. The summed E-state index contributed by atoms with van der Waals surface area (Å²) in [6, 6.07) is 4.08. The maximum atomic E-state index is 13.3. The number of carbonyl (C=O) groups is 1. The van der Waals surface area contributed by atoms with Crippen LogP contribution in [0.1, 0.15) is 48.0 Å². The minimum Gasteiger partial charge on any atom is -0.331 e. The van der Waals surface area contributed by atoms with Crippen LogP contribution in [-0.4, -0.2) is 36.0 Å². The summed E-state index contributed by atoms with van der Waals surface area (Å²) in [4.78, 5) is 19.6. The summed E-state index contributed by atoms with van der Waals surface area (Å²) in [7, 11) is 1.91. The second kappa shape index (κ2) is 6.70. The molecule has 0 bridgehead atoms. The Morgan fingerprint density at radius 1 is 1.24 bits per heavy atom. The lowest BCUT2D eigenvalue weighted by molar-refractivity contribution is 0.0613. The Kier molecular flexibility index (Phi) is 4.26. The third-order valence-electron chi connectivity index (χ3n) is 5.02. The van der Waals surface area contributed by atoms with Gasteiger partial charge in [0.05, 0.1) is 11.8 Å². The van der Waals surface area contributed by atoms with E-state index in [0.717, 1.165) is 24.1 Å². The first-order chi connectivity index (χ1) is 12.2. The Labute approximate surface area is 147 Å². The predicted octanol–water partition coefficient (Wildman–Crippen LogP) is 3.04. The molecule has 0 aliphatic heterocycles. The second-order valence-electron chi connectivity index (χ2n) is 6.86. The Balaban J connectivity index is 1.63.